The van der Waals surface area contributed by atoms with Crippen molar-refractivity contribution in [2.45, 2.75) is 45.6 Å². The Morgan fingerprint density at radius 1 is 1.58 bits per heavy atom. The first kappa shape index (κ1) is 11.0. The monoisotopic (exact) mass is 169 g/mol. The summed E-state index contributed by atoms with van der Waals surface area (Å²) in [5.41, 5.74) is 8.06. The number of ketones is 1. The number of azide groups is 1. The molecule has 0 saturated heterocycles. The molecule has 0 aliphatic carbocycles. The highest BCUT2D eigenvalue weighted by molar-refractivity contribution is 5.83. The Morgan fingerprint density at radius 2 is 2.25 bits per heavy atom. The molecule has 0 aromatic heterocycles. The molecule has 0 aromatic rings. The first-order valence-corrected chi connectivity index (χ1v) is 4.29. The molecule has 1 atom stereocenters. The molecule has 4 heteroatoms. The van der Waals surface area contributed by atoms with E-state index in [-0.39, 0.29) is 5.78 Å². The van der Waals surface area contributed by atoms with E-state index in [1.807, 2.05) is 0 Å². The van der Waals surface area contributed by atoms with E-state index in [4.69, 9.17) is 5.53 Å². The molecular formula is C8H15N3O. The Hall–Kier alpha value is -1.02. The number of nitrogens with zero attached hydrogens (tertiary/aromatic N) is 3. The molecule has 0 spiro atoms. The van der Waals surface area contributed by atoms with Gasteiger partial charge in [-0.2, -0.15) is 0 Å². The lowest BCUT2D eigenvalue weighted by atomic mass is 10.1. The smallest absolute Gasteiger partial charge is 0.141 e. The lowest BCUT2D eigenvalue weighted by Gasteiger charge is -2.01. The summed E-state index contributed by atoms with van der Waals surface area (Å²) in [5, 5.41) is 3.33. The fraction of sp³-hybridized carbons (Fsp3) is 0.875. The van der Waals surface area contributed by atoms with Crippen LogP contribution in [0.15, 0.2) is 5.11 Å². The third kappa shape index (κ3) is 4.74. The molecule has 0 saturated carbocycles. The summed E-state index contributed by atoms with van der Waals surface area (Å²) in [5.74, 6) is 0.0428. The maximum absolute atomic E-state index is 11.1. The summed E-state index contributed by atoms with van der Waals surface area (Å²) < 4.78 is 0. The summed E-state index contributed by atoms with van der Waals surface area (Å²) in [6.45, 7) is 3.72. The van der Waals surface area contributed by atoms with Gasteiger partial charge in [0.05, 0.1) is 6.04 Å². The van der Waals surface area contributed by atoms with Crippen molar-refractivity contribution < 1.29 is 4.79 Å². The third-order valence-electron chi connectivity index (χ3n) is 1.72. The van der Waals surface area contributed by atoms with Crippen molar-refractivity contribution in [3.63, 3.8) is 0 Å². The zero-order chi connectivity index (χ0) is 9.40. The molecule has 0 aliphatic heterocycles. The van der Waals surface area contributed by atoms with Gasteiger partial charge in [0, 0.05) is 11.3 Å². The van der Waals surface area contributed by atoms with Gasteiger partial charge < -0.3 is 0 Å². The van der Waals surface area contributed by atoms with E-state index in [9.17, 15) is 4.79 Å². The van der Waals surface area contributed by atoms with Crippen molar-refractivity contribution in [2.75, 3.05) is 0 Å². The minimum Gasteiger partial charge on any atom is -0.299 e. The molecule has 0 aliphatic rings. The third-order valence-corrected chi connectivity index (χ3v) is 1.72. The molecule has 0 bridgehead atoms. The Kier molecular flexibility index (Phi) is 6.11. The van der Waals surface area contributed by atoms with Crippen LogP contribution in [-0.2, 0) is 4.79 Å². The number of Topliss-reactive ketones (excluding diaryl/α,β-unsaturated/α-hetero) is 1. The average Bonchev–Trinajstić information content (AvgIpc) is 2.05. The molecule has 0 N–H and O–H groups in total. The molecule has 0 heterocycles. The number of carbonyl (C=O) groups excluding carboxylic acids is 1. The van der Waals surface area contributed by atoms with Crippen molar-refractivity contribution in [2.24, 2.45) is 5.11 Å². The Balaban J connectivity index is 3.64. The van der Waals surface area contributed by atoms with Gasteiger partial charge in [-0.05, 0) is 18.9 Å². The van der Waals surface area contributed by atoms with Crippen LogP contribution < -0.4 is 0 Å². The minimum atomic E-state index is -0.494. The number of hydrogen-bond acceptors (Lipinski definition) is 2. The van der Waals surface area contributed by atoms with E-state index >= 15 is 0 Å². The van der Waals surface area contributed by atoms with Crippen LogP contribution in [0.4, 0.5) is 0 Å². The maximum atomic E-state index is 11.1. The highest BCUT2D eigenvalue weighted by Crippen LogP contribution is 2.04. The van der Waals surface area contributed by atoms with Gasteiger partial charge in [-0.1, -0.05) is 24.9 Å². The molecule has 1 unspecified atom stereocenters. The van der Waals surface area contributed by atoms with Gasteiger partial charge in [0.2, 0.25) is 0 Å². The van der Waals surface area contributed by atoms with Crippen molar-refractivity contribution in [1.29, 1.82) is 0 Å². The topological polar surface area (TPSA) is 65.8 Å². The number of rotatable bonds is 6. The van der Waals surface area contributed by atoms with Crippen LogP contribution in [0.25, 0.3) is 10.4 Å². The van der Waals surface area contributed by atoms with Gasteiger partial charge in [-0.25, -0.2) is 0 Å². The summed E-state index contributed by atoms with van der Waals surface area (Å²) in [6.07, 6.45) is 3.60. The number of carbonyl (C=O) groups is 1. The highest BCUT2D eigenvalue weighted by Gasteiger charge is 2.08. The Bertz CT molecular complexity index is 185. The predicted octanol–water partition coefficient (Wildman–Crippen LogP) is 2.83. The molecule has 0 amide bonds. The van der Waals surface area contributed by atoms with Crippen LogP contribution in [-0.4, -0.2) is 11.8 Å². The molecule has 0 radical (unpaired) electrons. The number of unbranched alkanes of at least 4 members (excludes halogenated alkanes) is 2. The zero-order valence-corrected chi connectivity index (χ0v) is 7.66. The fourth-order valence-electron chi connectivity index (χ4n) is 0.900. The van der Waals surface area contributed by atoms with Crippen LogP contribution in [0.1, 0.15) is 39.5 Å². The zero-order valence-electron chi connectivity index (χ0n) is 7.66. The Morgan fingerprint density at radius 3 is 2.75 bits per heavy atom. The lowest BCUT2D eigenvalue weighted by molar-refractivity contribution is -0.120. The van der Waals surface area contributed by atoms with Crippen LogP contribution in [0.3, 0.4) is 0 Å². The SMILES string of the molecule is CCCCCC(=O)C(C)N=[N+]=[N-]. The van der Waals surface area contributed by atoms with Crippen LogP contribution >= 0.6 is 0 Å². The van der Waals surface area contributed by atoms with E-state index in [0.717, 1.165) is 19.3 Å². The average molecular weight is 169 g/mol. The van der Waals surface area contributed by atoms with Crippen molar-refractivity contribution >= 4 is 5.78 Å². The summed E-state index contributed by atoms with van der Waals surface area (Å²) in [6, 6.07) is -0.494. The standard InChI is InChI=1S/C8H15N3O/c1-3-4-5-6-8(12)7(2)10-11-9/h7H,3-6H2,1-2H3. The molecular weight excluding hydrogens is 154 g/mol. The second-order valence-corrected chi connectivity index (χ2v) is 2.80. The van der Waals surface area contributed by atoms with Crippen molar-refractivity contribution in [3.05, 3.63) is 10.4 Å². The van der Waals surface area contributed by atoms with Gasteiger partial charge in [0.15, 0.2) is 0 Å². The highest BCUT2D eigenvalue weighted by atomic mass is 16.1. The van der Waals surface area contributed by atoms with E-state index < -0.39 is 6.04 Å². The van der Waals surface area contributed by atoms with Gasteiger partial charge in [-0.3, -0.25) is 4.79 Å². The summed E-state index contributed by atoms with van der Waals surface area (Å²) >= 11 is 0. The first-order chi connectivity index (χ1) is 5.72. The summed E-state index contributed by atoms with van der Waals surface area (Å²) in [4.78, 5) is 13.7. The van der Waals surface area contributed by atoms with Crippen LogP contribution in [0, 0.1) is 0 Å². The van der Waals surface area contributed by atoms with E-state index in [1.165, 1.54) is 0 Å². The molecule has 0 rings (SSSR count). The quantitative estimate of drug-likeness (QED) is 0.261. The van der Waals surface area contributed by atoms with Crippen molar-refractivity contribution in [3.8, 4) is 0 Å². The second kappa shape index (κ2) is 6.68. The minimum absolute atomic E-state index is 0.0428. The van der Waals surface area contributed by atoms with E-state index in [2.05, 4.69) is 16.9 Å². The largest absolute Gasteiger partial charge is 0.299 e. The molecule has 12 heavy (non-hydrogen) atoms. The molecule has 0 fully saturated rings. The van der Waals surface area contributed by atoms with Crippen molar-refractivity contribution in [1.82, 2.24) is 0 Å². The van der Waals surface area contributed by atoms with Gasteiger partial charge >= 0.3 is 0 Å². The Labute approximate surface area is 72.6 Å². The van der Waals surface area contributed by atoms with Crippen LogP contribution in [0.2, 0.25) is 0 Å². The number of hydrogen-bond donors (Lipinski definition) is 0. The van der Waals surface area contributed by atoms with Gasteiger partial charge in [0.25, 0.3) is 0 Å². The van der Waals surface area contributed by atoms with Crippen LogP contribution in [0.5, 0.6) is 0 Å². The normalized spacial score (nSPS) is 11.8. The molecule has 68 valence electrons. The van der Waals surface area contributed by atoms with E-state index in [0.29, 0.717) is 6.42 Å². The fourth-order valence-corrected chi connectivity index (χ4v) is 0.900. The molecule has 4 nitrogen and oxygen atoms in total. The maximum Gasteiger partial charge on any atom is 0.141 e. The van der Waals surface area contributed by atoms with Gasteiger partial charge in [0.1, 0.15) is 5.78 Å². The summed E-state index contributed by atoms with van der Waals surface area (Å²) in [7, 11) is 0. The molecule has 0 aromatic carbocycles. The second-order valence-electron chi connectivity index (χ2n) is 2.80. The van der Waals surface area contributed by atoms with E-state index in [1.54, 1.807) is 6.92 Å². The lowest BCUT2D eigenvalue weighted by Crippen LogP contribution is -2.13. The van der Waals surface area contributed by atoms with Gasteiger partial charge in [-0.15, -0.1) is 0 Å². The first-order valence-electron chi connectivity index (χ1n) is 4.29. The predicted molar refractivity (Wildman–Crippen MR) is 47.8 cm³/mol.